The number of hydrogen-bond donors (Lipinski definition) is 2. The average molecular weight is 515 g/mol. The SMILES string of the molecule is CC[C@@H](CNS(=O)(=O)c1ccc(N(C)C)cc1)CNS(=O)(=O)N1CCc2cc(Cl)ccc2C1. The van der Waals surface area contributed by atoms with Gasteiger partial charge in [0.05, 0.1) is 4.90 Å². The Morgan fingerprint density at radius 3 is 2.30 bits per heavy atom. The minimum atomic E-state index is -3.69. The molecule has 11 heteroatoms. The van der Waals surface area contributed by atoms with Crippen LogP contribution in [-0.4, -0.2) is 54.9 Å². The Morgan fingerprint density at radius 1 is 1.00 bits per heavy atom. The fourth-order valence-electron chi connectivity index (χ4n) is 3.61. The molecule has 0 unspecified atom stereocenters. The Hall–Kier alpha value is -1.69. The molecule has 3 rings (SSSR count). The quantitative estimate of drug-likeness (QED) is 0.508. The van der Waals surface area contributed by atoms with Crippen LogP contribution in [-0.2, 0) is 33.2 Å². The van der Waals surface area contributed by atoms with Crippen LogP contribution in [0.15, 0.2) is 47.4 Å². The Morgan fingerprint density at radius 2 is 1.67 bits per heavy atom. The Labute approximate surface area is 202 Å². The van der Waals surface area contributed by atoms with Crippen molar-refractivity contribution in [2.45, 2.75) is 31.2 Å². The van der Waals surface area contributed by atoms with Crippen molar-refractivity contribution >= 4 is 37.5 Å². The van der Waals surface area contributed by atoms with Crippen molar-refractivity contribution in [1.82, 2.24) is 13.7 Å². The Balaban J connectivity index is 1.56. The molecular weight excluding hydrogens is 484 g/mol. The second-order valence-electron chi connectivity index (χ2n) is 8.36. The molecule has 1 heterocycles. The number of halogens is 1. The van der Waals surface area contributed by atoms with E-state index in [1.807, 2.05) is 38.1 Å². The number of sulfonamides is 1. The maximum atomic E-state index is 12.8. The fourth-order valence-corrected chi connectivity index (χ4v) is 6.19. The van der Waals surface area contributed by atoms with Crippen molar-refractivity contribution in [3.8, 4) is 0 Å². The van der Waals surface area contributed by atoms with Gasteiger partial charge in [0, 0.05) is 51.0 Å². The summed E-state index contributed by atoms with van der Waals surface area (Å²) in [6.45, 7) is 2.84. The number of rotatable bonds is 10. The van der Waals surface area contributed by atoms with Gasteiger partial charge in [-0.25, -0.2) is 17.9 Å². The van der Waals surface area contributed by atoms with E-state index in [-0.39, 0.29) is 30.4 Å². The van der Waals surface area contributed by atoms with Gasteiger partial charge in [-0.1, -0.05) is 31.0 Å². The van der Waals surface area contributed by atoms with Gasteiger partial charge in [-0.2, -0.15) is 12.7 Å². The summed E-state index contributed by atoms with van der Waals surface area (Å²) in [7, 11) is -3.61. The fraction of sp³-hybridized carbons (Fsp3) is 0.455. The van der Waals surface area contributed by atoms with Crippen LogP contribution in [0.25, 0.3) is 0 Å². The number of benzene rings is 2. The van der Waals surface area contributed by atoms with Crippen molar-refractivity contribution in [1.29, 1.82) is 0 Å². The molecule has 0 bridgehead atoms. The second kappa shape index (κ2) is 10.7. The van der Waals surface area contributed by atoms with Gasteiger partial charge in [0.1, 0.15) is 0 Å². The van der Waals surface area contributed by atoms with Crippen LogP contribution in [0.5, 0.6) is 0 Å². The van der Waals surface area contributed by atoms with E-state index in [4.69, 9.17) is 11.6 Å². The van der Waals surface area contributed by atoms with Crippen molar-refractivity contribution in [3.63, 3.8) is 0 Å². The maximum Gasteiger partial charge on any atom is 0.279 e. The van der Waals surface area contributed by atoms with Gasteiger partial charge in [0.15, 0.2) is 0 Å². The molecule has 0 amide bonds. The molecule has 1 atom stereocenters. The van der Waals surface area contributed by atoms with Gasteiger partial charge >= 0.3 is 0 Å². The van der Waals surface area contributed by atoms with E-state index in [0.717, 1.165) is 16.8 Å². The van der Waals surface area contributed by atoms with E-state index in [1.165, 1.54) is 4.31 Å². The summed E-state index contributed by atoms with van der Waals surface area (Å²) in [5.74, 6) is -0.188. The molecule has 0 fully saturated rings. The lowest BCUT2D eigenvalue weighted by molar-refractivity contribution is 0.378. The molecule has 2 aromatic carbocycles. The number of hydrogen-bond acceptors (Lipinski definition) is 5. The van der Waals surface area contributed by atoms with E-state index in [0.29, 0.717) is 24.4 Å². The van der Waals surface area contributed by atoms with Gasteiger partial charge in [0.25, 0.3) is 10.2 Å². The Bertz CT molecular complexity index is 1170. The third-order valence-corrected chi connectivity index (χ3v) is 9.04. The molecule has 33 heavy (non-hydrogen) atoms. The highest BCUT2D eigenvalue weighted by molar-refractivity contribution is 7.89. The average Bonchev–Trinajstić information content (AvgIpc) is 2.78. The molecule has 2 N–H and O–H groups in total. The van der Waals surface area contributed by atoms with E-state index in [9.17, 15) is 16.8 Å². The minimum Gasteiger partial charge on any atom is -0.378 e. The summed E-state index contributed by atoms with van der Waals surface area (Å²) in [5.41, 5.74) is 2.91. The zero-order chi connectivity index (χ0) is 24.2. The largest absolute Gasteiger partial charge is 0.378 e. The molecule has 2 aromatic rings. The molecule has 1 aliphatic rings. The van der Waals surface area contributed by atoms with Gasteiger partial charge < -0.3 is 4.90 Å². The molecule has 8 nitrogen and oxygen atoms in total. The number of nitrogens with zero attached hydrogens (tertiary/aromatic N) is 2. The van der Waals surface area contributed by atoms with Gasteiger partial charge in [-0.3, -0.25) is 0 Å². The number of fused-ring (bicyclic) bond motifs is 1. The van der Waals surface area contributed by atoms with Crippen LogP contribution in [0, 0.1) is 5.92 Å². The van der Waals surface area contributed by atoms with E-state index >= 15 is 0 Å². The lowest BCUT2D eigenvalue weighted by atomic mass is 10.0. The number of anilines is 1. The lowest BCUT2D eigenvalue weighted by Gasteiger charge is -2.29. The standard InChI is InChI=1S/C22H31ClN4O4S2/c1-4-17(14-24-32(28,29)22-9-7-21(8-10-22)26(2)3)15-25-33(30,31)27-12-11-18-13-20(23)6-5-19(18)16-27/h5-10,13,17,24-25H,4,11-12,14-16H2,1-3H3/t17-/m0/s1. The summed E-state index contributed by atoms with van der Waals surface area (Å²) in [4.78, 5) is 2.06. The highest BCUT2D eigenvalue weighted by Gasteiger charge is 2.27. The highest BCUT2D eigenvalue weighted by atomic mass is 35.5. The normalized spacial score (nSPS) is 15.8. The van der Waals surface area contributed by atoms with Gasteiger partial charge in [-0.05, 0) is 59.9 Å². The van der Waals surface area contributed by atoms with Gasteiger partial charge in [0.2, 0.25) is 10.0 Å². The second-order valence-corrected chi connectivity index (χ2v) is 12.3. The molecule has 0 aliphatic carbocycles. The van der Waals surface area contributed by atoms with Crippen LogP contribution in [0.4, 0.5) is 5.69 Å². The van der Waals surface area contributed by atoms with Crippen LogP contribution in [0.1, 0.15) is 24.5 Å². The zero-order valence-corrected chi connectivity index (χ0v) is 21.5. The first-order valence-corrected chi connectivity index (χ1v) is 14.1. The molecule has 0 spiro atoms. The topological polar surface area (TPSA) is 98.8 Å². The summed E-state index contributed by atoms with van der Waals surface area (Å²) >= 11 is 6.03. The molecule has 0 aromatic heterocycles. The van der Waals surface area contributed by atoms with Crippen molar-refractivity contribution in [2.75, 3.05) is 38.6 Å². The Kier molecular flexibility index (Phi) is 8.41. The molecule has 182 valence electrons. The molecule has 1 aliphatic heterocycles. The molecular formula is C22H31ClN4O4S2. The van der Waals surface area contributed by atoms with Gasteiger partial charge in [-0.15, -0.1) is 0 Å². The van der Waals surface area contributed by atoms with E-state index in [1.54, 1.807) is 30.3 Å². The molecule has 0 radical (unpaired) electrons. The van der Waals surface area contributed by atoms with Crippen molar-refractivity contribution < 1.29 is 16.8 Å². The monoisotopic (exact) mass is 514 g/mol. The third kappa shape index (κ3) is 6.68. The summed E-state index contributed by atoms with van der Waals surface area (Å²) in [6, 6.07) is 12.1. The van der Waals surface area contributed by atoms with E-state index < -0.39 is 20.2 Å². The first kappa shape index (κ1) is 25.9. The predicted molar refractivity (Wildman–Crippen MR) is 132 cm³/mol. The highest BCUT2D eigenvalue weighted by Crippen LogP contribution is 2.24. The third-order valence-electron chi connectivity index (χ3n) is 5.84. The van der Waals surface area contributed by atoms with E-state index in [2.05, 4.69) is 9.44 Å². The van der Waals surface area contributed by atoms with Crippen LogP contribution in [0.3, 0.4) is 0 Å². The minimum absolute atomic E-state index is 0.137. The van der Waals surface area contributed by atoms with Crippen molar-refractivity contribution in [3.05, 3.63) is 58.6 Å². The summed E-state index contributed by atoms with van der Waals surface area (Å²) in [6.07, 6.45) is 1.21. The predicted octanol–water partition coefficient (Wildman–Crippen LogP) is 2.60. The van der Waals surface area contributed by atoms with Crippen molar-refractivity contribution in [2.24, 2.45) is 5.92 Å². The number of nitrogens with one attached hydrogen (secondary N) is 2. The first-order valence-electron chi connectivity index (χ1n) is 10.8. The zero-order valence-electron chi connectivity index (χ0n) is 19.1. The first-order chi connectivity index (χ1) is 15.5. The van der Waals surface area contributed by atoms with Crippen LogP contribution < -0.4 is 14.3 Å². The smallest absolute Gasteiger partial charge is 0.279 e. The summed E-state index contributed by atoms with van der Waals surface area (Å²) in [5, 5.41) is 0.644. The lowest BCUT2D eigenvalue weighted by Crippen LogP contribution is -2.45. The summed E-state index contributed by atoms with van der Waals surface area (Å²) < 4.78 is 57.6. The maximum absolute atomic E-state index is 12.8. The molecule has 0 saturated carbocycles. The van der Waals surface area contributed by atoms with Crippen LogP contribution in [0.2, 0.25) is 5.02 Å². The molecule has 0 saturated heterocycles. The van der Waals surface area contributed by atoms with Crippen LogP contribution >= 0.6 is 11.6 Å².